The van der Waals surface area contributed by atoms with E-state index in [1.807, 2.05) is 19.9 Å². The highest BCUT2D eigenvalue weighted by molar-refractivity contribution is 5.49. The summed E-state index contributed by atoms with van der Waals surface area (Å²) in [5, 5.41) is 23.2. The van der Waals surface area contributed by atoms with Crippen molar-refractivity contribution in [3.63, 3.8) is 0 Å². The lowest BCUT2D eigenvalue weighted by Gasteiger charge is -2.22. The van der Waals surface area contributed by atoms with Gasteiger partial charge in [0.15, 0.2) is 0 Å². The number of benzene rings is 1. The van der Waals surface area contributed by atoms with Gasteiger partial charge in [-0.2, -0.15) is 5.26 Å². The Balaban J connectivity index is 2.50. The van der Waals surface area contributed by atoms with E-state index in [0.717, 1.165) is 17.0 Å². The first-order chi connectivity index (χ1) is 9.02. The SMILES string of the molecule is CC1=CC(c2cccc([N+](=O)[O-])c2)C(C#N)=C(C)N1. The number of dihydropyridines is 1. The second-order valence-electron chi connectivity index (χ2n) is 4.45. The second kappa shape index (κ2) is 4.94. The van der Waals surface area contributed by atoms with Crippen LogP contribution in [0.1, 0.15) is 25.3 Å². The third kappa shape index (κ3) is 2.47. The lowest BCUT2D eigenvalue weighted by atomic mass is 9.87. The number of nitrogens with zero attached hydrogens (tertiary/aromatic N) is 2. The van der Waals surface area contributed by atoms with Gasteiger partial charge in [-0.25, -0.2) is 0 Å². The van der Waals surface area contributed by atoms with E-state index in [0.29, 0.717) is 5.57 Å². The topological polar surface area (TPSA) is 79.0 Å². The lowest BCUT2D eigenvalue weighted by Crippen LogP contribution is -2.19. The van der Waals surface area contributed by atoms with Crippen molar-refractivity contribution in [3.8, 4) is 6.07 Å². The van der Waals surface area contributed by atoms with Gasteiger partial charge < -0.3 is 5.32 Å². The third-order valence-electron chi connectivity index (χ3n) is 3.08. The second-order valence-corrected chi connectivity index (χ2v) is 4.45. The van der Waals surface area contributed by atoms with E-state index >= 15 is 0 Å². The Bertz CT molecular complexity index is 638. The molecule has 5 nitrogen and oxygen atoms in total. The lowest BCUT2D eigenvalue weighted by molar-refractivity contribution is -0.384. The van der Waals surface area contributed by atoms with Crippen molar-refractivity contribution in [2.45, 2.75) is 19.8 Å². The highest BCUT2D eigenvalue weighted by Gasteiger charge is 2.22. The molecule has 5 heteroatoms. The molecule has 0 amide bonds. The number of nitro groups is 1. The molecule has 0 fully saturated rings. The molecule has 0 aliphatic carbocycles. The van der Waals surface area contributed by atoms with Crippen LogP contribution in [-0.2, 0) is 0 Å². The summed E-state index contributed by atoms with van der Waals surface area (Å²) in [7, 11) is 0. The Morgan fingerprint density at radius 1 is 1.42 bits per heavy atom. The Morgan fingerprint density at radius 3 is 2.79 bits per heavy atom. The van der Waals surface area contributed by atoms with Crippen molar-refractivity contribution in [3.05, 3.63) is 63.0 Å². The van der Waals surface area contributed by atoms with Crippen LogP contribution in [0, 0.1) is 21.4 Å². The molecule has 0 spiro atoms. The summed E-state index contributed by atoms with van der Waals surface area (Å²) in [6.07, 6.45) is 1.91. The van der Waals surface area contributed by atoms with Gasteiger partial charge in [0.2, 0.25) is 0 Å². The number of nitro benzene ring substituents is 1. The average Bonchev–Trinajstić information content (AvgIpc) is 2.38. The van der Waals surface area contributed by atoms with Gasteiger partial charge >= 0.3 is 0 Å². The zero-order valence-electron chi connectivity index (χ0n) is 10.7. The molecule has 2 rings (SSSR count). The minimum Gasteiger partial charge on any atom is -0.362 e. The van der Waals surface area contributed by atoms with Crippen molar-refractivity contribution >= 4 is 5.69 Å². The fourth-order valence-electron chi connectivity index (χ4n) is 2.22. The van der Waals surface area contributed by atoms with Gasteiger partial charge in [-0.3, -0.25) is 10.1 Å². The zero-order valence-corrected chi connectivity index (χ0v) is 10.7. The molecular weight excluding hydrogens is 242 g/mol. The average molecular weight is 255 g/mol. The first kappa shape index (κ1) is 12.8. The molecule has 1 atom stereocenters. The molecule has 1 N–H and O–H groups in total. The van der Waals surface area contributed by atoms with Crippen LogP contribution >= 0.6 is 0 Å². The maximum atomic E-state index is 10.8. The van der Waals surface area contributed by atoms with Crippen LogP contribution in [0.3, 0.4) is 0 Å². The van der Waals surface area contributed by atoms with Crippen LogP contribution in [-0.4, -0.2) is 4.92 Å². The van der Waals surface area contributed by atoms with Gasteiger partial charge in [-0.15, -0.1) is 0 Å². The van der Waals surface area contributed by atoms with Crippen molar-refractivity contribution in [2.24, 2.45) is 0 Å². The van der Waals surface area contributed by atoms with E-state index in [1.54, 1.807) is 12.1 Å². The van der Waals surface area contributed by atoms with Crippen molar-refractivity contribution in [1.29, 1.82) is 5.26 Å². The Kier molecular flexibility index (Phi) is 3.34. The highest BCUT2D eigenvalue weighted by Crippen LogP contribution is 2.32. The molecule has 96 valence electrons. The van der Waals surface area contributed by atoms with Crippen molar-refractivity contribution < 1.29 is 4.92 Å². The molecule has 1 aromatic rings. The number of non-ortho nitro benzene ring substituents is 1. The van der Waals surface area contributed by atoms with Gasteiger partial charge in [0.1, 0.15) is 0 Å². The molecule has 1 aromatic carbocycles. The highest BCUT2D eigenvalue weighted by atomic mass is 16.6. The van der Waals surface area contributed by atoms with Gasteiger partial charge in [0.25, 0.3) is 5.69 Å². The van der Waals surface area contributed by atoms with E-state index in [1.165, 1.54) is 12.1 Å². The summed E-state index contributed by atoms with van der Waals surface area (Å²) >= 11 is 0. The number of hydrogen-bond acceptors (Lipinski definition) is 4. The van der Waals surface area contributed by atoms with Crippen LogP contribution in [0.2, 0.25) is 0 Å². The smallest absolute Gasteiger partial charge is 0.269 e. The maximum Gasteiger partial charge on any atom is 0.269 e. The number of rotatable bonds is 2. The molecule has 1 aliphatic rings. The minimum atomic E-state index is -0.427. The molecule has 1 unspecified atom stereocenters. The molecule has 0 saturated carbocycles. The molecule has 0 radical (unpaired) electrons. The summed E-state index contributed by atoms with van der Waals surface area (Å²) in [5.74, 6) is -0.230. The molecular formula is C14H13N3O2. The van der Waals surface area contributed by atoms with Gasteiger partial charge in [-0.1, -0.05) is 18.2 Å². The summed E-state index contributed by atoms with van der Waals surface area (Å²) in [6.45, 7) is 3.74. The van der Waals surface area contributed by atoms with Gasteiger partial charge in [0, 0.05) is 29.4 Å². The van der Waals surface area contributed by atoms with E-state index in [-0.39, 0.29) is 11.6 Å². The van der Waals surface area contributed by atoms with E-state index < -0.39 is 4.92 Å². The Labute approximate surface area is 111 Å². The zero-order chi connectivity index (χ0) is 14.0. The van der Waals surface area contributed by atoms with E-state index in [2.05, 4.69) is 11.4 Å². The standard InChI is InChI=1S/C14H13N3O2/c1-9-6-13(14(8-15)10(2)16-9)11-4-3-5-12(7-11)17(18)19/h3-7,13,16H,1-2H3. The first-order valence-electron chi connectivity index (χ1n) is 5.83. The largest absolute Gasteiger partial charge is 0.362 e. The van der Waals surface area contributed by atoms with Gasteiger partial charge in [-0.05, 0) is 19.4 Å². The molecule has 0 aromatic heterocycles. The molecule has 1 heterocycles. The number of nitriles is 1. The summed E-state index contributed by atoms with van der Waals surface area (Å²) in [6, 6.07) is 8.59. The molecule has 0 bridgehead atoms. The van der Waals surface area contributed by atoms with Gasteiger partial charge in [0.05, 0.1) is 16.6 Å². The third-order valence-corrected chi connectivity index (χ3v) is 3.08. The summed E-state index contributed by atoms with van der Waals surface area (Å²) in [4.78, 5) is 10.4. The number of allylic oxidation sites excluding steroid dienone is 4. The van der Waals surface area contributed by atoms with Crippen LogP contribution in [0.25, 0.3) is 0 Å². The maximum absolute atomic E-state index is 10.8. The van der Waals surface area contributed by atoms with E-state index in [4.69, 9.17) is 0 Å². The minimum absolute atomic E-state index is 0.0389. The number of nitrogens with one attached hydrogen (secondary N) is 1. The summed E-state index contributed by atoms with van der Waals surface area (Å²) in [5.41, 5.74) is 3.11. The number of hydrogen-bond donors (Lipinski definition) is 1. The van der Waals surface area contributed by atoms with Crippen LogP contribution in [0.5, 0.6) is 0 Å². The predicted octanol–water partition coefficient (Wildman–Crippen LogP) is 2.98. The monoisotopic (exact) mass is 255 g/mol. The molecule has 19 heavy (non-hydrogen) atoms. The predicted molar refractivity (Wildman–Crippen MR) is 71.0 cm³/mol. The first-order valence-corrected chi connectivity index (χ1v) is 5.83. The Morgan fingerprint density at radius 2 is 2.16 bits per heavy atom. The van der Waals surface area contributed by atoms with E-state index in [9.17, 15) is 15.4 Å². The quantitative estimate of drug-likeness (QED) is 0.650. The summed E-state index contributed by atoms with van der Waals surface area (Å²) < 4.78 is 0. The van der Waals surface area contributed by atoms with Crippen LogP contribution in [0.4, 0.5) is 5.69 Å². The fraction of sp³-hybridized carbons (Fsp3) is 0.214. The van der Waals surface area contributed by atoms with Crippen LogP contribution < -0.4 is 5.32 Å². The van der Waals surface area contributed by atoms with Crippen molar-refractivity contribution in [1.82, 2.24) is 5.32 Å². The van der Waals surface area contributed by atoms with Crippen LogP contribution in [0.15, 0.2) is 47.3 Å². The molecule has 1 aliphatic heterocycles. The Hall–Kier alpha value is -2.61. The fourth-order valence-corrected chi connectivity index (χ4v) is 2.22. The van der Waals surface area contributed by atoms with Crippen molar-refractivity contribution in [2.75, 3.05) is 0 Å². The molecule has 0 saturated heterocycles. The normalized spacial score (nSPS) is 18.4.